The molecule has 0 unspecified atom stereocenters. The first-order valence-corrected chi connectivity index (χ1v) is 4.47. The molecule has 0 radical (unpaired) electrons. The number of nitrogens with two attached hydrogens (primary N) is 1. The Balaban J connectivity index is 2.63. The third-order valence-corrected chi connectivity index (χ3v) is 1.79. The maximum absolute atomic E-state index is 12.3. The van der Waals surface area contributed by atoms with Crippen LogP contribution in [0, 0.1) is 0 Å². The molecule has 0 saturated heterocycles. The Kier molecular flexibility index (Phi) is 3.90. The molecule has 3 N–H and O–H groups in total. The number of nitrogens with zero attached hydrogens (tertiary/aromatic N) is 1. The standard InChI is InChI=1S/C9H12F3N3/c10-9(11,12)7-2-1-3-8(15-6-7)14-5-4-13/h1-3H,4-6,13H2,(H,14,15). The van der Waals surface area contributed by atoms with E-state index in [1.807, 2.05) is 0 Å². The highest BCUT2D eigenvalue weighted by molar-refractivity contribution is 5.93. The Morgan fingerprint density at radius 2 is 2.20 bits per heavy atom. The number of nitrogens with one attached hydrogen (secondary N) is 1. The molecular weight excluding hydrogens is 207 g/mol. The summed E-state index contributed by atoms with van der Waals surface area (Å²) in [6.45, 7) is 0.542. The maximum Gasteiger partial charge on any atom is 0.414 e. The van der Waals surface area contributed by atoms with Crippen molar-refractivity contribution >= 4 is 5.84 Å². The fourth-order valence-electron chi connectivity index (χ4n) is 1.03. The van der Waals surface area contributed by atoms with E-state index in [2.05, 4.69) is 10.3 Å². The SMILES string of the molecule is NCCNC1=NCC(C(F)(F)F)=CC=C1. The summed E-state index contributed by atoms with van der Waals surface area (Å²) in [6, 6.07) is 0. The lowest BCUT2D eigenvalue weighted by molar-refractivity contribution is -0.0921. The lowest BCUT2D eigenvalue weighted by Crippen LogP contribution is -2.28. The summed E-state index contributed by atoms with van der Waals surface area (Å²) in [5, 5.41) is 2.82. The first kappa shape index (κ1) is 11.8. The zero-order valence-electron chi connectivity index (χ0n) is 8.01. The average molecular weight is 219 g/mol. The monoisotopic (exact) mass is 219 g/mol. The van der Waals surface area contributed by atoms with Crippen molar-refractivity contribution in [2.45, 2.75) is 6.18 Å². The molecule has 0 aromatic rings. The fraction of sp³-hybridized carbons (Fsp3) is 0.444. The Morgan fingerprint density at radius 3 is 2.80 bits per heavy atom. The summed E-state index contributed by atoms with van der Waals surface area (Å²) in [7, 11) is 0. The molecule has 15 heavy (non-hydrogen) atoms. The highest BCUT2D eigenvalue weighted by atomic mass is 19.4. The second kappa shape index (κ2) is 4.97. The molecule has 0 aromatic carbocycles. The Hall–Kier alpha value is -1.30. The molecule has 0 amide bonds. The maximum atomic E-state index is 12.3. The minimum Gasteiger partial charge on any atom is -0.369 e. The van der Waals surface area contributed by atoms with Crippen molar-refractivity contribution in [3.05, 3.63) is 23.8 Å². The zero-order valence-corrected chi connectivity index (χ0v) is 8.01. The van der Waals surface area contributed by atoms with Crippen molar-refractivity contribution in [2.24, 2.45) is 10.7 Å². The molecule has 1 aliphatic rings. The van der Waals surface area contributed by atoms with Gasteiger partial charge in [0.15, 0.2) is 0 Å². The van der Waals surface area contributed by atoms with Crippen molar-refractivity contribution in [1.29, 1.82) is 0 Å². The third kappa shape index (κ3) is 3.75. The van der Waals surface area contributed by atoms with Gasteiger partial charge in [0.2, 0.25) is 0 Å². The van der Waals surface area contributed by atoms with Crippen LogP contribution in [-0.2, 0) is 0 Å². The van der Waals surface area contributed by atoms with Crippen molar-refractivity contribution in [3.8, 4) is 0 Å². The lowest BCUT2D eigenvalue weighted by atomic mass is 10.2. The second-order valence-corrected chi connectivity index (χ2v) is 2.97. The van der Waals surface area contributed by atoms with E-state index in [-0.39, 0.29) is 6.54 Å². The summed E-state index contributed by atoms with van der Waals surface area (Å²) >= 11 is 0. The van der Waals surface area contributed by atoms with Gasteiger partial charge in [0.05, 0.1) is 12.1 Å². The van der Waals surface area contributed by atoms with Gasteiger partial charge in [-0.3, -0.25) is 4.99 Å². The molecule has 1 rings (SSSR count). The second-order valence-electron chi connectivity index (χ2n) is 2.97. The van der Waals surface area contributed by atoms with E-state index in [1.165, 1.54) is 12.2 Å². The third-order valence-electron chi connectivity index (χ3n) is 1.79. The van der Waals surface area contributed by atoms with Crippen LogP contribution in [0.5, 0.6) is 0 Å². The van der Waals surface area contributed by atoms with E-state index < -0.39 is 11.7 Å². The number of hydrogen-bond donors (Lipinski definition) is 2. The molecule has 0 aliphatic carbocycles. The number of rotatable bonds is 2. The largest absolute Gasteiger partial charge is 0.414 e. The van der Waals surface area contributed by atoms with Gasteiger partial charge in [-0.1, -0.05) is 12.2 Å². The minimum absolute atomic E-state index is 0.358. The van der Waals surface area contributed by atoms with E-state index in [0.29, 0.717) is 18.9 Å². The van der Waals surface area contributed by atoms with Gasteiger partial charge in [-0.05, 0) is 6.08 Å². The van der Waals surface area contributed by atoms with Crippen LogP contribution >= 0.6 is 0 Å². The summed E-state index contributed by atoms with van der Waals surface area (Å²) in [5.41, 5.74) is 4.60. The number of aliphatic imine (C=N–C) groups is 1. The van der Waals surface area contributed by atoms with Crippen LogP contribution in [0.1, 0.15) is 0 Å². The molecule has 3 nitrogen and oxygen atoms in total. The van der Waals surface area contributed by atoms with E-state index in [4.69, 9.17) is 5.73 Å². The van der Waals surface area contributed by atoms with Crippen LogP contribution < -0.4 is 11.1 Å². The summed E-state index contributed by atoms with van der Waals surface area (Å²) in [6.07, 6.45) is -0.454. The highest BCUT2D eigenvalue weighted by Gasteiger charge is 2.33. The van der Waals surface area contributed by atoms with E-state index >= 15 is 0 Å². The Labute approximate surface area is 85.6 Å². The predicted molar refractivity (Wildman–Crippen MR) is 52.6 cm³/mol. The molecule has 0 saturated carbocycles. The smallest absolute Gasteiger partial charge is 0.369 e. The van der Waals surface area contributed by atoms with E-state index in [0.717, 1.165) is 6.08 Å². The first-order valence-electron chi connectivity index (χ1n) is 4.47. The highest BCUT2D eigenvalue weighted by Crippen LogP contribution is 2.26. The minimum atomic E-state index is -4.31. The van der Waals surface area contributed by atoms with Gasteiger partial charge in [-0.2, -0.15) is 13.2 Å². The van der Waals surface area contributed by atoms with Gasteiger partial charge >= 0.3 is 6.18 Å². The van der Waals surface area contributed by atoms with Gasteiger partial charge < -0.3 is 11.1 Å². The van der Waals surface area contributed by atoms with Crippen LogP contribution in [0.4, 0.5) is 13.2 Å². The molecule has 0 aromatic heterocycles. The average Bonchev–Trinajstić information content (AvgIpc) is 2.38. The fourth-order valence-corrected chi connectivity index (χ4v) is 1.03. The van der Waals surface area contributed by atoms with Crippen LogP contribution in [0.15, 0.2) is 28.8 Å². The molecule has 0 bridgehead atoms. The van der Waals surface area contributed by atoms with Crippen LogP contribution in [0.2, 0.25) is 0 Å². The van der Waals surface area contributed by atoms with Gasteiger partial charge in [-0.15, -0.1) is 0 Å². The van der Waals surface area contributed by atoms with Crippen molar-refractivity contribution < 1.29 is 13.2 Å². The molecule has 1 aliphatic heterocycles. The number of alkyl halides is 3. The molecular formula is C9H12F3N3. The van der Waals surface area contributed by atoms with Gasteiger partial charge in [-0.25, -0.2) is 0 Å². The van der Waals surface area contributed by atoms with Gasteiger partial charge in [0.1, 0.15) is 5.84 Å². The van der Waals surface area contributed by atoms with E-state index in [9.17, 15) is 13.2 Å². The summed E-state index contributed by atoms with van der Waals surface area (Å²) in [5.74, 6) is 0.427. The normalized spacial score (nSPS) is 16.8. The summed E-state index contributed by atoms with van der Waals surface area (Å²) in [4.78, 5) is 3.78. The van der Waals surface area contributed by atoms with Crippen molar-refractivity contribution in [2.75, 3.05) is 19.6 Å². The lowest BCUT2D eigenvalue weighted by Gasteiger charge is -2.08. The topological polar surface area (TPSA) is 50.4 Å². The molecule has 0 spiro atoms. The quantitative estimate of drug-likeness (QED) is 0.727. The Bertz CT molecular complexity index is 302. The molecule has 84 valence electrons. The van der Waals surface area contributed by atoms with E-state index in [1.54, 1.807) is 0 Å². The van der Waals surface area contributed by atoms with Crippen molar-refractivity contribution in [1.82, 2.24) is 5.32 Å². The number of allylic oxidation sites excluding steroid dienone is 2. The zero-order chi connectivity index (χ0) is 11.3. The van der Waals surface area contributed by atoms with Crippen LogP contribution in [0.3, 0.4) is 0 Å². The van der Waals surface area contributed by atoms with Gasteiger partial charge in [0.25, 0.3) is 0 Å². The first-order chi connectivity index (χ1) is 7.04. The molecule has 0 atom stereocenters. The molecule has 0 fully saturated rings. The number of hydrogen-bond acceptors (Lipinski definition) is 3. The number of amidine groups is 1. The summed E-state index contributed by atoms with van der Waals surface area (Å²) < 4.78 is 36.9. The predicted octanol–water partition coefficient (Wildman–Crippen LogP) is 0.992. The van der Waals surface area contributed by atoms with Crippen LogP contribution in [-0.4, -0.2) is 31.6 Å². The Morgan fingerprint density at radius 1 is 1.47 bits per heavy atom. The number of halogens is 3. The van der Waals surface area contributed by atoms with Crippen LogP contribution in [0.25, 0.3) is 0 Å². The van der Waals surface area contributed by atoms with Gasteiger partial charge in [0, 0.05) is 13.1 Å². The van der Waals surface area contributed by atoms with Crippen molar-refractivity contribution in [3.63, 3.8) is 0 Å². The molecule has 1 heterocycles. The molecule has 6 heteroatoms.